The number of H-pyrrole nitrogens is 1. The molecule has 0 radical (unpaired) electrons. The third-order valence-corrected chi connectivity index (χ3v) is 5.24. The molecule has 1 N–H and O–H groups in total. The molecule has 1 fully saturated rings. The highest BCUT2D eigenvalue weighted by atomic mass is 16.1. The van der Waals surface area contributed by atoms with Crippen molar-refractivity contribution in [2.45, 2.75) is 45.1 Å². The molecule has 7 nitrogen and oxygen atoms in total. The molecule has 1 aliphatic heterocycles. The van der Waals surface area contributed by atoms with Gasteiger partial charge in [0.1, 0.15) is 11.5 Å². The van der Waals surface area contributed by atoms with Gasteiger partial charge in [-0.3, -0.25) is 14.7 Å². The van der Waals surface area contributed by atoms with Crippen molar-refractivity contribution in [3.05, 3.63) is 70.3 Å². The Labute approximate surface area is 170 Å². The van der Waals surface area contributed by atoms with Crippen molar-refractivity contribution in [1.29, 1.82) is 0 Å². The lowest BCUT2D eigenvalue weighted by Crippen LogP contribution is -2.34. The van der Waals surface area contributed by atoms with E-state index in [1.54, 1.807) is 12.3 Å². The normalized spacial score (nSPS) is 17.6. The van der Waals surface area contributed by atoms with Crippen LogP contribution >= 0.6 is 0 Å². The third-order valence-electron chi connectivity index (χ3n) is 5.24. The molecule has 29 heavy (non-hydrogen) atoms. The quantitative estimate of drug-likeness (QED) is 0.720. The second kappa shape index (κ2) is 8.61. The summed E-state index contributed by atoms with van der Waals surface area (Å²) >= 11 is 0. The van der Waals surface area contributed by atoms with Crippen molar-refractivity contribution in [1.82, 2.24) is 29.8 Å². The second-order valence-electron chi connectivity index (χ2n) is 7.91. The molecule has 4 heterocycles. The lowest BCUT2D eigenvalue weighted by Gasteiger charge is -2.32. The second-order valence-corrected chi connectivity index (χ2v) is 7.91. The highest BCUT2D eigenvalue weighted by Gasteiger charge is 2.23. The number of likely N-dealkylation sites (tertiary alicyclic amines) is 1. The Morgan fingerprint density at radius 2 is 2.03 bits per heavy atom. The summed E-state index contributed by atoms with van der Waals surface area (Å²) in [6, 6.07) is 7.23. The highest BCUT2D eigenvalue weighted by Crippen LogP contribution is 2.26. The van der Waals surface area contributed by atoms with E-state index in [1.807, 2.05) is 30.6 Å². The zero-order chi connectivity index (χ0) is 20.2. The van der Waals surface area contributed by atoms with E-state index in [2.05, 4.69) is 38.7 Å². The molecule has 1 saturated heterocycles. The van der Waals surface area contributed by atoms with E-state index in [0.29, 0.717) is 17.4 Å². The Hall–Kier alpha value is -2.93. The average Bonchev–Trinajstić information content (AvgIpc) is 2.74. The van der Waals surface area contributed by atoms with Crippen LogP contribution in [0.4, 0.5) is 0 Å². The summed E-state index contributed by atoms with van der Waals surface area (Å²) in [4.78, 5) is 35.4. The Bertz CT molecular complexity index is 1000. The van der Waals surface area contributed by atoms with Gasteiger partial charge in [0.2, 0.25) is 0 Å². The first kappa shape index (κ1) is 19.4. The molecule has 0 aliphatic carbocycles. The van der Waals surface area contributed by atoms with Crippen LogP contribution in [0.2, 0.25) is 0 Å². The SMILES string of the molecule is CC(C)c1ncc(CN2CCC[C@@H](c3cc(=O)[nH]c(-c4ccccn4)n3)C2)cn1. The van der Waals surface area contributed by atoms with Crippen molar-refractivity contribution in [3.63, 3.8) is 0 Å². The number of pyridine rings is 1. The largest absolute Gasteiger partial charge is 0.305 e. The summed E-state index contributed by atoms with van der Waals surface area (Å²) < 4.78 is 0. The van der Waals surface area contributed by atoms with Gasteiger partial charge in [-0.1, -0.05) is 19.9 Å². The molecule has 0 amide bonds. The smallest absolute Gasteiger partial charge is 0.251 e. The molecule has 3 aromatic rings. The minimum Gasteiger partial charge on any atom is -0.305 e. The van der Waals surface area contributed by atoms with Crippen LogP contribution in [0.3, 0.4) is 0 Å². The number of hydrogen-bond donors (Lipinski definition) is 1. The van der Waals surface area contributed by atoms with Crippen molar-refractivity contribution in [2.75, 3.05) is 13.1 Å². The van der Waals surface area contributed by atoms with Crippen LogP contribution in [-0.4, -0.2) is 42.9 Å². The van der Waals surface area contributed by atoms with Gasteiger partial charge in [-0.2, -0.15) is 0 Å². The average molecular weight is 390 g/mol. The predicted molar refractivity (Wildman–Crippen MR) is 111 cm³/mol. The maximum atomic E-state index is 12.2. The number of rotatable bonds is 5. The van der Waals surface area contributed by atoms with E-state index in [-0.39, 0.29) is 11.5 Å². The van der Waals surface area contributed by atoms with Crippen molar-refractivity contribution < 1.29 is 0 Å². The lowest BCUT2D eigenvalue weighted by atomic mass is 9.94. The first-order valence-electron chi connectivity index (χ1n) is 10.1. The molecule has 0 aromatic carbocycles. The van der Waals surface area contributed by atoms with Crippen molar-refractivity contribution in [3.8, 4) is 11.5 Å². The first-order chi connectivity index (χ1) is 14.1. The number of aromatic nitrogens is 5. The predicted octanol–water partition coefficient (Wildman–Crippen LogP) is 3.12. The fraction of sp³-hybridized carbons (Fsp3) is 0.409. The fourth-order valence-corrected chi connectivity index (χ4v) is 3.75. The van der Waals surface area contributed by atoms with Gasteiger partial charge < -0.3 is 4.98 Å². The van der Waals surface area contributed by atoms with Gasteiger partial charge in [-0.15, -0.1) is 0 Å². The fourth-order valence-electron chi connectivity index (χ4n) is 3.75. The lowest BCUT2D eigenvalue weighted by molar-refractivity contribution is 0.198. The number of aromatic amines is 1. The molecule has 0 spiro atoms. The minimum absolute atomic E-state index is 0.134. The van der Waals surface area contributed by atoms with Crippen LogP contribution in [-0.2, 0) is 6.54 Å². The Morgan fingerprint density at radius 1 is 1.21 bits per heavy atom. The van der Waals surface area contributed by atoms with Crippen LogP contribution < -0.4 is 5.56 Å². The van der Waals surface area contributed by atoms with E-state index in [4.69, 9.17) is 4.98 Å². The molecule has 1 atom stereocenters. The highest BCUT2D eigenvalue weighted by molar-refractivity contribution is 5.48. The van der Waals surface area contributed by atoms with Gasteiger partial charge in [0.15, 0.2) is 5.82 Å². The van der Waals surface area contributed by atoms with Crippen LogP contribution in [0.5, 0.6) is 0 Å². The van der Waals surface area contributed by atoms with E-state index in [9.17, 15) is 4.79 Å². The molecule has 1 aliphatic rings. The van der Waals surface area contributed by atoms with E-state index < -0.39 is 0 Å². The van der Waals surface area contributed by atoms with Crippen molar-refractivity contribution >= 4 is 0 Å². The van der Waals surface area contributed by atoms with Crippen LogP contribution in [0.1, 0.15) is 55.6 Å². The summed E-state index contributed by atoms with van der Waals surface area (Å²) in [5.74, 6) is 1.96. The molecule has 4 rings (SSSR count). The van der Waals surface area contributed by atoms with Gasteiger partial charge in [0.25, 0.3) is 5.56 Å². The molecule has 0 saturated carbocycles. The number of hydrogen-bond acceptors (Lipinski definition) is 6. The summed E-state index contributed by atoms with van der Waals surface area (Å²) in [5, 5.41) is 0. The summed E-state index contributed by atoms with van der Waals surface area (Å²) in [7, 11) is 0. The number of nitrogens with zero attached hydrogens (tertiary/aromatic N) is 5. The molecule has 0 bridgehead atoms. The molecule has 3 aromatic heterocycles. The first-order valence-corrected chi connectivity index (χ1v) is 10.1. The molecule has 150 valence electrons. The Kier molecular flexibility index (Phi) is 5.76. The van der Waals surface area contributed by atoms with E-state index >= 15 is 0 Å². The number of piperidine rings is 1. The summed E-state index contributed by atoms with van der Waals surface area (Å²) in [6.07, 6.45) is 7.66. The third kappa shape index (κ3) is 4.74. The maximum absolute atomic E-state index is 12.2. The standard InChI is InChI=1S/C22H26N6O/c1-15(2)21-24-11-16(12-25-21)13-28-9-5-6-17(14-28)19-10-20(29)27-22(26-19)18-7-3-4-8-23-18/h3-4,7-8,10-12,15,17H,5-6,9,13-14H2,1-2H3,(H,26,27,29)/t17-/m1/s1. The molecular weight excluding hydrogens is 364 g/mol. The molecule has 0 unspecified atom stereocenters. The Balaban J connectivity index is 1.50. The zero-order valence-electron chi connectivity index (χ0n) is 16.9. The van der Waals surface area contributed by atoms with Gasteiger partial charge in [-0.25, -0.2) is 15.0 Å². The van der Waals surface area contributed by atoms with E-state index in [0.717, 1.165) is 49.6 Å². The van der Waals surface area contributed by atoms with Gasteiger partial charge in [0.05, 0.1) is 5.69 Å². The summed E-state index contributed by atoms with van der Waals surface area (Å²) in [5.41, 5.74) is 2.50. The van der Waals surface area contributed by atoms with E-state index in [1.165, 1.54) is 0 Å². The minimum atomic E-state index is -0.134. The van der Waals surface area contributed by atoms with Crippen LogP contribution in [0, 0.1) is 0 Å². The van der Waals surface area contributed by atoms with Crippen LogP contribution in [0.25, 0.3) is 11.5 Å². The Morgan fingerprint density at radius 3 is 2.76 bits per heavy atom. The molecule has 7 heteroatoms. The van der Waals surface area contributed by atoms with Crippen LogP contribution in [0.15, 0.2) is 47.7 Å². The number of nitrogens with one attached hydrogen (secondary N) is 1. The van der Waals surface area contributed by atoms with Gasteiger partial charge >= 0.3 is 0 Å². The molecular formula is C22H26N6O. The monoisotopic (exact) mass is 390 g/mol. The van der Waals surface area contributed by atoms with Crippen molar-refractivity contribution in [2.24, 2.45) is 0 Å². The van der Waals surface area contributed by atoms with Gasteiger partial charge in [0, 0.05) is 55.1 Å². The van der Waals surface area contributed by atoms with Gasteiger partial charge in [-0.05, 0) is 31.5 Å². The summed E-state index contributed by atoms with van der Waals surface area (Å²) in [6.45, 7) is 6.89. The zero-order valence-corrected chi connectivity index (χ0v) is 16.9. The topological polar surface area (TPSA) is 87.7 Å². The maximum Gasteiger partial charge on any atom is 0.251 e.